The average Bonchev–Trinajstić information content (AvgIpc) is 2.79. The highest BCUT2D eigenvalue weighted by molar-refractivity contribution is 5.96. The fourth-order valence-corrected chi connectivity index (χ4v) is 2.81. The van der Waals surface area contributed by atoms with Crippen molar-refractivity contribution in [1.82, 2.24) is 9.55 Å². The third-order valence-electron chi connectivity index (χ3n) is 3.59. The van der Waals surface area contributed by atoms with E-state index in [0.717, 1.165) is 27.7 Å². The zero-order valence-corrected chi connectivity index (χ0v) is 12.0. The second kappa shape index (κ2) is 5.05. The molecule has 0 amide bonds. The number of aromatic nitrogens is 2. The lowest BCUT2D eigenvalue weighted by Crippen LogP contribution is -2.10. The smallest absolute Gasteiger partial charge is 0.352 e. The van der Waals surface area contributed by atoms with E-state index in [2.05, 4.69) is 11.1 Å². The van der Waals surface area contributed by atoms with Crippen LogP contribution >= 0.6 is 0 Å². The number of carboxylic acid groups (broad SMARTS) is 1. The van der Waals surface area contributed by atoms with Gasteiger partial charge in [0.2, 0.25) is 0 Å². The van der Waals surface area contributed by atoms with Crippen molar-refractivity contribution in [1.29, 1.82) is 0 Å². The molecule has 1 N–H and O–H groups in total. The Morgan fingerprint density at radius 2 is 2.05 bits per heavy atom. The van der Waals surface area contributed by atoms with Crippen molar-refractivity contribution in [2.75, 3.05) is 0 Å². The van der Waals surface area contributed by atoms with E-state index in [1.165, 1.54) is 0 Å². The van der Waals surface area contributed by atoms with Crippen LogP contribution in [0.1, 0.15) is 27.3 Å². The quantitative estimate of drug-likeness (QED) is 0.800. The minimum atomic E-state index is -0.917. The van der Waals surface area contributed by atoms with Gasteiger partial charge in [-0.05, 0) is 43.7 Å². The number of pyridine rings is 1. The zero-order valence-electron chi connectivity index (χ0n) is 12.0. The van der Waals surface area contributed by atoms with Crippen LogP contribution in [0.2, 0.25) is 0 Å². The van der Waals surface area contributed by atoms with Crippen LogP contribution in [-0.2, 0) is 6.54 Å². The maximum absolute atomic E-state index is 11.5. The molecule has 106 valence electrons. The number of hydrogen-bond acceptors (Lipinski definition) is 2. The van der Waals surface area contributed by atoms with Crippen molar-refractivity contribution in [3.8, 4) is 0 Å². The lowest BCUT2D eigenvalue weighted by atomic mass is 10.1. The number of carbonyl (C=O) groups is 1. The number of benzene rings is 1. The van der Waals surface area contributed by atoms with Crippen LogP contribution in [0.4, 0.5) is 0 Å². The molecule has 0 unspecified atom stereocenters. The Morgan fingerprint density at radius 3 is 2.71 bits per heavy atom. The van der Waals surface area contributed by atoms with Gasteiger partial charge in [0.25, 0.3) is 0 Å². The fraction of sp³-hybridized carbons (Fsp3) is 0.176. The Bertz CT molecular complexity index is 820. The number of aromatic carboxylic acids is 1. The van der Waals surface area contributed by atoms with Gasteiger partial charge in [0, 0.05) is 11.6 Å². The summed E-state index contributed by atoms with van der Waals surface area (Å²) in [6.45, 7) is 4.48. The van der Waals surface area contributed by atoms with E-state index >= 15 is 0 Å². The molecular weight excluding hydrogens is 264 g/mol. The molecule has 0 atom stereocenters. The van der Waals surface area contributed by atoms with Gasteiger partial charge in [0.05, 0.1) is 17.8 Å². The molecule has 2 aromatic heterocycles. The molecule has 21 heavy (non-hydrogen) atoms. The number of aryl methyl sites for hydroxylation is 2. The summed E-state index contributed by atoms with van der Waals surface area (Å²) in [6.07, 6.45) is 1.72. The monoisotopic (exact) mass is 280 g/mol. The van der Waals surface area contributed by atoms with E-state index in [1.54, 1.807) is 12.3 Å². The van der Waals surface area contributed by atoms with Crippen LogP contribution in [0.5, 0.6) is 0 Å². The second-order valence-corrected chi connectivity index (χ2v) is 5.26. The Hall–Kier alpha value is -2.62. The second-order valence-electron chi connectivity index (χ2n) is 5.26. The third-order valence-corrected chi connectivity index (χ3v) is 3.59. The summed E-state index contributed by atoms with van der Waals surface area (Å²) in [7, 11) is 0. The normalized spacial score (nSPS) is 11.0. The molecule has 3 rings (SSSR count). The molecule has 0 radical (unpaired) electrons. The average molecular weight is 280 g/mol. The van der Waals surface area contributed by atoms with Gasteiger partial charge in [-0.1, -0.05) is 17.7 Å². The summed E-state index contributed by atoms with van der Waals surface area (Å²) >= 11 is 0. The molecule has 0 aliphatic heterocycles. The Balaban J connectivity index is 2.23. The van der Waals surface area contributed by atoms with Gasteiger partial charge in [0.15, 0.2) is 0 Å². The van der Waals surface area contributed by atoms with Crippen LogP contribution in [0, 0.1) is 13.8 Å². The topological polar surface area (TPSA) is 55.1 Å². The largest absolute Gasteiger partial charge is 0.477 e. The molecule has 0 saturated carbocycles. The number of carboxylic acids is 1. The molecule has 4 nitrogen and oxygen atoms in total. The summed E-state index contributed by atoms with van der Waals surface area (Å²) in [5.74, 6) is -0.917. The Labute approximate surface area is 122 Å². The van der Waals surface area contributed by atoms with Gasteiger partial charge in [-0.25, -0.2) is 4.79 Å². The maximum atomic E-state index is 11.5. The minimum Gasteiger partial charge on any atom is -0.477 e. The van der Waals surface area contributed by atoms with E-state index in [1.807, 2.05) is 42.7 Å². The van der Waals surface area contributed by atoms with Crippen molar-refractivity contribution >= 4 is 16.9 Å². The summed E-state index contributed by atoms with van der Waals surface area (Å²) in [4.78, 5) is 15.8. The van der Waals surface area contributed by atoms with E-state index < -0.39 is 5.97 Å². The molecule has 0 saturated heterocycles. The van der Waals surface area contributed by atoms with Crippen molar-refractivity contribution in [3.63, 3.8) is 0 Å². The highest BCUT2D eigenvalue weighted by Crippen LogP contribution is 2.26. The first-order valence-corrected chi connectivity index (χ1v) is 6.80. The van der Waals surface area contributed by atoms with Crippen molar-refractivity contribution in [2.24, 2.45) is 0 Å². The van der Waals surface area contributed by atoms with Gasteiger partial charge < -0.3 is 9.67 Å². The highest BCUT2D eigenvalue weighted by atomic mass is 16.4. The van der Waals surface area contributed by atoms with E-state index in [9.17, 15) is 9.90 Å². The summed E-state index contributed by atoms with van der Waals surface area (Å²) in [5, 5.41) is 10.4. The van der Waals surface area contributed by atoms with Crippen molar-refractivity contribution < 1.29 is 9.90 Å². The first-order valence-electron chi connectivity index (χ1n) is 6.80. The van der Waals surface area contributed by atoms with Crippen LogP contribution in [-0.4, -0.2) is 20.6 Å². The molecular formula is C17H16N2O2. The summed E-state index contributed by atoms with van der Waals surface area (Å²) < 4.78 is 1.83. The van der Waals surface area contributed by atoms with Gasteiger partial charge >= 0.3 is 5.97 Å². The van der Waals surface area contributed by atoms with E-state index in [-0.39, 0.29) is 0 Å². The Kier molecular flexibility index (Phi) is 3.22. The lowest BCUT2D eigenvalue weighted by molar-refractivity contribution is 0.0686. The van der Waals surface area contributed by atoms with Crippen LogP contribution in [0.25, 0.3) is 10.9 Å². The van der Waals surface area contributed by atoms with Crippen molar-refractivity contribution in [2.45, 2.75) is 20.4 Å². The molecule has 1 aromatic carbocycles. The Morgan fingerprint density at radius 1 is 1.24 bits per heavy atom. The zero-order chi connectivity index (χ0) is 15.0. The van der Waals surface area contributed by atoms with E-state index in [4.69, 9.17) is 0 Å². The predicted octanol–water partition coefficient (Wildman–Crippen LogP) is 3.40. The van der Waals surface area contributed by atoms with Crippen LogP contribution in [0.15, 0.2) is 42.6 Å². The van der Waals surface area contributed by atoms with E-state index in [0.29, 0.717) is 12.2 Å². The first kappa shape index (κ1) is 13.4. The summed E-state index contributed by atoms with van der Waals surface area (Å²) in [5.41, 5.74) is 4.31. The predicted molar refractivity (Wildman–Crippen MR) is 81.7 cm³/mol. The first-order chi connectivity index (χ1) is 10.1. The molecule has 0 fully saturated rings. The maximum Gasteiger partial charge on any atom is 0.352 e. The highest BCUT2D eigenvalue weighted by Gasteiger charge is 2.16. The molecule has 0 spiro atoms. The van der Waals surface area contributed by atoms with Crippen LogP contribution < -0.4 is 0 Å². The number of rotatable bonds is 3. The summed E-state index contributed by atoms with van der Waals surface area (Å²) in [6, 6.07) is 11.5. The molecule has 0 aliphatic carbocycles. The van der Waals surface area contributed by atoms with Gasteiger partial charge in [-0.2, -0.15) is 0 Å². The lowest BCUT2D eigenvalue weighted by Gasteiger charge is -2.10. The number of hydrogen-bond donors (Lipinski definition) is 1. The molecule has 4 heteroatoms. The molecule has 2 heterocycles. The van der Waals surface area contributed by atoms with Crippen LogP contribution in [0.3, 0.4) is 0 Å². The van der Waals surface area contributed by atoms with Crippen molar-refractivity contribution in [3.05, 3.63) is 65.1 Å². The number of nitrogens with zero attached hydrogens (tertiary/aromatic N) is 2. The molecule has 3 aromatic rings. The SMILES string of the molecule is Cc1cc(C)c2c(c1)cc(C(=O)O)n2Cc1ccccn1. The van der Waals surface area contributed by atoms with Gasteiger partial charge in [-0.3, -0.25) is 4.98 Å². The molecule has 0 bridgehead atoms. The fourth-order valence-electron chi connectivity index (χ4n) is 2.81. The molecule has 0 aliphatic rings. The standard InChI is InChI=1S/C17H16N2O2/c1-11-7-12(2)16-13(8-11)9-15(17(20)21)19(16)10-14-5-3-4-6-18-14/h3-9H,10H2,1-2H3,(H,20,21). The third kappa shape index (κ3) is 2.40. The minimum absolute atomic E-state index is 0.296. The number of fused-ring (bicyclic) bond motifs is 1. The van der Waals surface area contributed by atoms with Gasteiger partial charge in [-0.15, -0.1) is 0 Å². The van der Waals surface area contributed by atoms with Gasteiger partial charge in [0.1, 0.15) is 5.69 Å².